The maximum atomic E-state index is 5.96. The predicted molar refractivity (Wildman–Crippen MR) is 76.3 cm³/mol. The molecule has 0 saturated carbocycles. The number of hydrogen-bond donors (Lipinski definition) is 0. The average Bonchev–Trinajstić information content (AvgIpc) is 2.65. The summed E-state index contributed by atoms with van der Waals surface area (Å²) in [7, 11) is 0. The molecule has 2 heterocycles. The van der Waals surface area contributed by atoms with E-state index in [1.54, 1.807) is 11.3 Å². The summed E-state index contributed by atoms with van der Waals surface area (Å²) < 4.78 is 0.691. The summed E-state index contributed by atoms with van der Waals surface area (Å²) in [4.78, 5) is 8.28. The summed E-state index contributed by atoms with van der Waals surface area (Å²) in [5.41, 5.74) is 2.59. The lowest BCUT2D eigenvalue weighted by atomic mass is 10.2. The topological polar surface area (TPSA) is 16.1 Å². The van der Waals surface area contributed by atoms with Gasteiger partial charge in [0.15, 0.2) is 4.47 Å². The second-order valence-corrected chi connectivity index (χ2v) is 6.26. The molecule has 1 aromatic carbocycles. The third-order valence-electron chi connectivity index (χ3n) is 3.32. The van der Waals surface area contributed by atoms with Crippen LogP contribution < -0.4 is 0 Å². The molecule has 0 spiro atoms. The summed E-state index contributed by atoms with van der Waals surface area (Å²) >= 11 is 7.60. The van der Waals surface area contributed by atoms with Crippen LogP contribution in [0.3, 0.4) is 0 Å². The van der Waals surface area contributed by atoms with Crippen LogP contribution in [0.15, 0.2) is 30.3 Å². The van der Waals surface area contributed by atoms with Crippen LogP contribution in [-0.2, 0) is 19.4 Å². The minimum atomic E-state index is 0.691. The molecule has 0 N–H and O–H groups in total. The summed E-state index contributed by atoms with van der Waals surface area (Å²) in [6, 6.07) is 10.7. The highest BCUT2D eigenvalue weighted by Crippen LogP contribution is 2.26. The monoisotopic (exact) mass is 278 g/mol. The van der Waals surface area contributed by atoms with E-state index in [0.717, 1.165) is 32.5 Å². The van der Waals surface area contributed by atoms with Gasteiger partial charge < -0.3 is 0 Å². The van der Waals surface area contributed by atoms with Crippen molar-refractivity contribution in [3.8, 4) is 0 Å². The van der Waals surface area contributed by atoms with Gasteiger partial charge in [-0.3, -0.25) is 4.90 Å². The van der Waals surface area contributed by atoms with Crippen molar-refractivity contribution in [2.24, 2.45) is 0 Å². The van der Waals surface area contributed by atoms with E-state index in [-0.39, 0.29) is 0 Å². The highest BCUT2D eigenvalue weighted by Gasteiger charge is 2.17. The number of nitrogens with zero attached hydrogens (tertiary/aromatic N) is 2. The molecular weight excluding hydrogens is 264 g/mol. The Balaban J connectivity index is 1.66. The highest BCUT2D eigenvalue weighted by molar-refractivity contribution is 7.15. The normalized spacial score (nSPS) is 16.3. The maximum absolute atomic E-state index is 5.96. The number of halogens is 1. The molecule has 4 heteroatoms. The zero-order chi connectivity index (χ0) is 12.4. The lowest BCUT2D eigenvalue weighted by Crippen LogP contribution is -2.25. The average molecular weight is 279 g/mol. The first kappa shape index (κ1) is 12.2. The van der Waals surface area contributed by atoms with Crippen LogP contribution in [0.1, 0.15) is 16.1 Å². The molecule has 0 amide bonds. The van der Waals surface area contributed by atoms with Gasteiger partial charge in [0.1, 0.15) is 0 Å². The smallest absolute Gasteiger partial charge is 0.184 e. The molecule has 0 saturated heterocycles. The standard InChI is InChI=1S/C14H15ClN2S/c15-14-16-12-6-8-17(9-7-13(12)18-14)10-11-4-2-1-3-5-11/h1-5H,6-10H2. The molecule has 0 unspecified atom stereocenters. The van der Waals surface area contributed by atoms with Crippen molar-refractivity contribution in [3.05, 3.63) is 50.9 Å². The van der Waals surface area contributed by atoms with Crippen LogP contribution in [0, 0.1) is 0 Å². The maximum Gasteiger partial charge on any atom is 0.184 e. The molecule has 3 rings (SSSR count). The van der Waals surface area contributed by atoms with Crippen molar-refractivity contribution < 1.29 is 0 Å². The molecule has 0 radical (unpaired) electrons. The Labute approximate surface area is 116 Å². The van der Waals surface area contributed by atoms with Gasteiger partial charge in [0.25, 0.3) is 0 Å². The van der Waals surface area contributed by atoms with Gasteiger partial charge in [-0.2, -0.15) is 0 Å². The number of aromatic nitrogens is 1. The van der Waals surface area contributed by atoms with Gasteiger partial charge in [-0.15, -0.1) is 11.3 Å². The second kappa shape index (κ2) is 5.39. The minimum Gasteiger partial charge on any atom is -0.298 e. The lowest BCUT2D eigenvalue weighted by molar-refractivity contribution is 0.279. The van der Waals surface area contributed by atoms with Gasteiger partial charge in [0.2, 0.25) is 0 Å². The predicted octanol–water partition coefficient (Wildman–Crippen LogP) is 3.40. The summed E-state index contributed by atoms with van der Waals surface area (Å²) in [6.07, 6.45) is 2.10. The van der Waals surface area contributed by atoms with Crippen LogP contribution in [0.25, 0.3) is 0 Å². The highest BCUT2D eigenvalue weighted by atomic mass is 35.5. The number of thiazole rings is 1. The molecule has 0 atom stereocenters. The van der Waals surface area contributed by atoms with Crippen LogP contribution in [0.5, 0.6) is 0 Å². The quantitative estimate of drug-likeness (QED) is 0.837. The zero-order valence-electron chi connectivity index (χ0n) is 10.1. The molecule has 0 aliphatic carbocycles. The Morgan fingerprint density at radius 2 is 1.94 bits per heavy atom. The van der Waals surface area contributed by atoms with Gasteiger partial charge in [-0.25, -0.2) is 4.98 Å². The SMILES string of the molecule is Clc1nc2c(s1)CCN(Cc1ccccc1)CC2. The largest absolute Gasteiger partial charge is 0.298 e. The van der Waals surface area contributed by atoms with Crippen molar-refractivity contribution in [1.82, 2.24) is 9.88 Å². The van der Waals surface area contributed by atoms with Crippen molar-refractivity contribution >= 4 is 22.9 Å². The molecule has 1 aliphatic rings. The minimum absolute atomic E-state index is 0.691. The van der Waals surface area contributed by atoms with Gasteiger partial charge in [-0.05, 0) is 12.0 Å². The summed E-state index contributed by atoms with van der Waals surface area (Å²) in [6.45, 7) is 3.20. The number of rotatable bonds is 2. The van der Waals surface area contributed by atoms with E-state index in [1.807, 2.05) is 0 Å². The number of hydrogen-bond acceptors (Lipinski definition) is 3. The van der Waals surface area contributed by atoms with Crippen molar-refractivity contribution in [1.29, 1.82) is 0 Å². The van der Waals surface area contributed by atoms with Crippen molar-refractivity contribution in [2.75, 3.05) is 13.1 Å². The third-order valence-corrected chi connectivity index (χ3v) is 4.58. The second-order valence-electron chi connectivity index (χ2n) is 4.60. The van der Waals surface area contributed by atoms with Crippen LogP contribution in [-0.4, -0.2) is 23.0 Å². The molecule has 94 valence electrons. The fourth-order valence-electron chi connectivity index (χ4n) is 2.38. The molecule has 0 bridgehead atoms. The van der Waals surface area contributed by atoms with Crippen LogP contribution in [0.2, 0.25) is 4.47 Å². The fraction of sp³-hybridized carbons (Fsp3) is 0.357. The Morgan fingerprint density at radius 1 is 1.17 bits per heavy atom. The zero-order valence-corrected chi connectivity index (χ0v) is 11.7. The summed E-state index contributed by atoms with van der Waals surface area (Å²) in [5.74, 6) is 0. The fourth-order valence-corrected chi connectivity index (χ4v) is 3.58. The van der Waals surface area contributed by atoms with E-state index in [1.165, 1.54) is 16.1 Å². The third kappa shape index (κ3) is 2.74. The van der Waals surface area contributed by atoms with Gasteiger partial charge in [0.05, 0.1) is 5.69 Å². The Morgan fingerprint density at radius 3 is 2.78 bits per heavy atom. The van der Waals surface area contributed by atoms with Crippen LogP contribution >= 0.6 is 22.9 Å². The van der Waals surface area contributed by atoms with E-state index in [9.17, 15) is 0 Å². The number of benzene rings is 1. The number of fused-ring (bicyclic) bond motifs is 1. The van der Waals surface area contributed by atoms with Crippen molar-refractivity contribution in [2.45, 2.75) is 19.4 Å². The van der Waals surface area contributed by atoms with Gasteiger partial charge in [-0.1, -0.05) is 41.9 Å². The van der Waals surface area contributed by atoms with Crippen LogP contribution in [0.4, 0.5) is 0 Å². The van der Waals surface area contributed by atoms with E-state index in [0.29, 0.717) is 4.47 Å². The van der Waals surface area contributed by atoms with Crippen molar-refractivity contribution in [3.63, 3.8) is 0 Å². The van der Waals surface area contributed by atoms with E-state index in [4.69, 9.17) is 11.6 Å². The van der Waals surface area contributed by atoms with Gasteiger partial charge >= 0.3 is 0 Å². The van der Waals surface area contributed by atoms with E-state index in [2.05, 4.69) is 40.2 Å². The Hall–Kier alpha value is -0.900. The molecule has 2 nitrogen and oxygen atoms in total. The molecular formula is C14H15ClN2S. The Kier molecular flexibility index (Phi) is 3.64. The molecule has 18 heavy (non-hydrogen) atoms. The molecule has 2 aromatic rings. The van der Waals surface area contributed by atoms with E-state index >= 15 is 0 Å². The first-order valence-corrected chi connectivity index (χ1v) is 7.41. The molecule has 0 fully saturated rings. The first-order valence-electron chi connectivity index (χ1n) is 6.21. The molecule has 1 aromatic heterocycles. The van der Waals surface area contributed by atoms with E-state index < -0.39 is 0 Å². The Bertz CT molecular complexity index is 498. The van der Waals surface area contributed by atoms with Gasteiger partial charge in [0, 0.05) is 30.9 Å². The first-order chi connectivity index (χ1) is 8.81. The summed E-state index contributed by atoms with van der Waals surface area (Å²) in [5, 5.41) is 0. The lowest BCUT2D eigenvalue weighted by Gasteiger charge is -2.19. The molecule has 1 aliphatic heterocycles.